The fraction of sp³-hybridized carbons (Fsp3) is 0.667. The van der Waals surface area contributed by atoms with Crippen molar-refractivity contribution in [1.82, 2.24) is 4.90 Å². The molecule has 0 aliphatic rings. The van der Waals surface area contributed by atoms with Gasteiger partial charge in [-0.15, -0.1) is 0 Å². The van der Waals surface area contributed by atoms with Gasteiger partial charge in [0.05, 0.1) is 17.1 Å². The van der Waals surface area contributed by atoms with Gasteiger partial charge in [-0.3, -0.25) is 19.7 Å². The van der Waals surface area contributed by atoms with Crippen LogP contribution in [0.4, 0.5) is 5.69 Å². The molecule has 0 saturated heterocycles. The highest BCUT2D eigenvalue weighted by molar-refractivity contribution is 5.82. The minimum Gasteiger partial charge on any atom is -0.494 e. The highest BCUT2D eigenvalue weighted by atomic mass is 16.6. The van der Waals surface area contributed by atoms with E-state index in [0.29, 0.717) is 31.5 Å². The Balaban J connectivity index is 2.40. The molecule has 0 aliphatic heterocycles. The Labute approximate surface area is 186 Å². The van der Waals surface area contributed by atoms with Crippen molar-refractivity contribution in [3.8, 4) is 5.75 Å². The van der Waals surface area contributed by atoms with Gasteiger partial charge in [-0.2, -0.15) is 0 Å². The zero-order chi connectivity index (χ0) is 22.9. The van der Waals surface area contributed by atoms with Crippen LogP contribution in [0.15, 0.2) is 18.2 Å². The summed E-state index contributed by atoms with van der Waals surface area (Å²) in [5.74, 6) is 0.638. The topological polar surface area (TPSA) is 89.8 Å². The largest absolute Gasteiger partial charge is 0.494 e. The number of nitrogens with zero attached hydrogens (tertiary/aromatic N) is 2. The van der Waals surface area contributed by atoms with Gasteiger partial charge in [-0.1, -0.05) is 52.4 Å². The van der Waals surface area contributed by atoms with Gasteiger partial charge in [0, 0.05) is 25.6 Å². The smallest absolute Gasteiger partial charge is 0.280 e. The van der Waals surface area contributed by atoms with Gasteiger partial charge < -0.3 is 9.64 Å². The Morgan fingerprint density at radius 1 is 1.00 bits per heavy atom. The van der Waals surface area contributed by atoms with Crippen LogP contribution >= 0.6 is 0 Å². The Bertz CT molecular complexity index is 666. The number of hydrogen-bond donors (Lipinski definition) is 0. The molecule has 7 nitrogen and oxygen atoms in total. The molecule has 0 atom stereocenters. The molecule has 0 unspecified atom stereocenters. The lowest BCUT2D eigenvalue weighted by Gasteiger charge is -2.23. The van der Waals surface area contributed by atoms with E-state index in [1.807, 2.05) is 4.90 Å². The Morgan fingerprint density at radius 3 is 2.19 bits per heavy atom. The number of aldehydes is 1. The molecule has 7 heteroatoms. The van der Waals surface area contributed by atoms with Crippen LogP contribution in [0.2, 0.25) is 0 Å². The SMILES string of the molecule is CCCCCCN(CCCCCC)C(=O)CCCCOc1ccc([N+](=O)[O-])c(C=O)c1. The van der Waals surface area contributed by atoms with Gasteiger partial charge in [0.25, 0.3) is 5.69 Å². The molecule has 0 fully saturated rings. The van der Waals surface area contributed by atoms with Gasteiger partial charge in [-0.25, -0.2) is 0 Å². The zero-order valence-electron chi connectivity index (χ0n) is 19.1. The molecule has 0 bridgehead atoms. The van der Waals surface area contributed by atoms with Crippen molar-refractivity contribution in [1.29, 1.82) is 0 Å². The van der Waals surface area contributed by atoms with Gasteiger partial charge in [0.15, 0.2) is 6.29 Å². The van der Waals surface area contributed by atoms with Crippen molar-refractivity contribution in [2.24, 2.45) is 0 Å². The lowest BCUT2D eigenvalue weighted by atomic mass is 10.1. The number of benzene rings is 1. The predicted octanol–water partition coefficient (Wildman–Crippen LogP) is 5.95. The molecule has 174 valence electrons. The Hall–Kier alpha value is -2.44. The lowest BCUT2D eigenvalue weighted by Crippen LogP contribution is -2.32. The molecule has 1 aromatic rings. The molecule has 1 aromatic carbocycles. The van der Waals surface area contributed by atoms with Crippen LogP contribution in [-0.2, 0) is 4.79 Å². The van der Waals surface area contributed by atoms with E-state index in [2.05, 4.69) is 13.8 Å². The molecule has 31 heavy (non-hydrogen) atoms. The summed E-state index contributed by atoms with van der Waals surface area (Å²) in [4.78, 5) is 36.0. The number of unbranched alkanes of at least 4 members (excludes halogenated alkanes) is 7. The first-order chi connectivity index (χ1) is 15.0. The highest BCUT2D eigenvalue weighted by Gasteiger charge is 2.14. The Morgan fingerprint density at radius 2 is 1.65 bits per heavy atom. The van der Waals surface area contributed by atoms with Gasteiger partial charge in [0.1, 0.15) is 5.75 Å². The number of amides is 1. The summed E-state index contributed by atoms with van der Waals surface area (Å²) in [5.41, 5.74) is -0.231. The summed E-state index contributed by atoms with van der Waals surface area (Å²) >= 11 is 0. The second-order valence-electron chi connectivity index (χ2n) is 7.90. The van der Waals surface area contributed by atoms with Crippen molar-refractivity contribution in [2.45, 2.75) is 84.5 Å². The van der Waals surface area contributed by atoms with E-state index in [-0.39, 0.29) is 17.2 Å². The minimum absolute atomic E-state index is 0.000495. The summed E-state index contributed by atoms with van der Waals surface area (Å²) < 4.78 is 5.60. The number of hydrogen-bond acceptors (Lipinski definition) is 5. The standard InChI is InChI=1S/C24H38N2O5/c1-3-5-7-10-16-25(17-11-8-6-4-2)24(28)13-9-12-18-31-22-14-15-23(26(29)30)21(19-22)20-27/h14-15,19-20H,3-13,16-18H2,1-2H3. The van der Waals surface area contributed by atoms with Crippen molar-refractivity contribution >= 4 is 17.9 Å². The normalized spacial score (nSPS) is 10.6. The Kier molecular flexibility index (Phi) is 14.0. The van der Waals surface area contributed by atoms with Crippen LogP contribution in [0.25, 0.3) is 0 Å². The molecule has 0 aromatic heterocycles. The number of nitro benzene ring substituents is 1. The molecule has 0 spiro atoms. The van der Waals surface area contributed by atoms with Crippen LogP contribution in [0.5, 0.6) is 5.75 Å². The monoisotopic (exact) mass is 434 g/mol. The van der Waals surface area contributed by atoms with Gasteiger partial charge in [0.2, 0.25) is 5.91 Å². The fourth-order valence-corrected chi connectivity index (χ4v) is 3.43. The number of carbonyl (C=O) groups is 2. The fourth-order valence-electron chi connectivity index (χ4n) is 3.43. The second-order valence-corrected chi connectivity index (χ2v) is 7.90. The molecule has 1 rings (SSSR count). The average molecular weight is 435 g/mol. The summed E-state index contributed by atoms with van der Waals surface area (Å²) in [6, 6.07) is 4.15. The van der Waals surface area contributed by atoms with Crippen LogP contribution in [0, 0.1) is 10.1 Å². The second kappa shape index (κ2) is 16.3. The maximum absolute atomic E-state index is 12.7. The number of rotatable bonds is 18. The third-order valence-electron chi connectivity index (χ3n) is 5.29. The number of ether oxygens (including phenoxy) is 1. The minimum atomic E-state index is -0.588. The molecule has 0 radical (unpaired) electrons. The van der Waals surface area contributed by atoms with Crippen LogP contribution in [0.1, 0.15) is 94.8 Å². The summed E-state index contributed by atoms with van der Waals surface area (Å²) in [6.07, 6.45) is 11.7. The summed E-state index contributed by atoms with van der Waals surface area (Å²) in [6.45, 7) is 6.46. The first kappa shape index (κ1) is 26.6. The summed E-state index contributed by atoms with van der Waals surface area (Å²) in [7, 11) is 0. The first-order valence-corrected chi connectivity index (χ1v) is 11.7. The molecule has 0 saturated carbocycles. The van der Waals surface area contributed by atoms with E-state index in [4.69, 9.17) is 4.74 Å². The average Bonchev–Trinajstić information content (AvgIpc) is 2.77. The predicted molar refractivity (Wildman–Crippen MR) is 123 cm³/mol. The van der Waals surface area contributed by atoms with Crippen LogP contribution in [0.3, 0.4) is 0 Å². The van der Waals surface area contributed by atoms with Crippen molar-refractivity contribution < 1.29 is 19.2 Å². The van der Waals surface area contributed by atoms with E-state index in [0.717, 1.165) is 32.4 Å². The van der Waals surface area contributed by atoms with E-state index < -0.39 is 4.92 Å². The van der Waals surface area contributed by atoms with E-state index in [1.165, 1.54) is 56.7 Å². The first-order valence-electron chi connectivity index (χ1n) is 11.7. The van der Waals surface area contributed by atoms with Crippen LogP contribution in [-0.4, -0.2) is 41.7 Å². The third kappa shape index (κ3) is 10.9. The molecule has 1 amide bonds. The van der Waals surface area contributed by atoms with Crippen molar-refractivity contribution in [3.05, 3.63) is 33.9 Å². The zero-order valence-corrected chi connectivity index (χ0v) is 19.1. The quantitative estimate of drug-likeness (QED) is 0.123. The highest BCUT2D eigenvalue weighted by Crippen LogP contribution is 2.22. The van der Waals surface area contributed by atoms with Crippen molar-refractivity contribution in [2.75, 3.05) is 19.7 Å². The maximum Gasteiger partial charge on any atom is 0.280 e. The maximum atomic E-state index is 12.7. The number of carbonyl (C=O) groups excluding carboxylic acids is 2. The van der Waals surface area contributed by atoms with E-state index in [1.54, 1.807) is 0 Å². The molecular weight excluding hydrogens is 396 g/mol. The van der Waals surface area contributed by atoms with E-state index >= 15 is 0 Å². The van der Waals surface area contributed by atoms with Crippen LogP contribution < -0.4 is 4.74 Å². The van der Waals surface area contributed by atoms with Gasteiger partial charge in [-0.05, 0) is 37.8 Å². The third-order valence-corrected chi connectivity index (χ3v) is 5.29. The summed E-state index contributed by atoms with van der Waals surface area (Å²) in [5, 5.41) is 10.9. The van der Waals surface area contributed by atoms with E-state index in [9.17, 15) is 19.7 Å². The van der Waals surface area contributed by atoms with Gasteiger partial charge >= 0.3 is 0 Å². The van der Waals surface area contributed by atoms with Crippen molar-refractivity contribution in [3.63, 3.8) is 0 Å². The molecule has 0 heterocycles. The molecule has 0 aliphatic carbocycles. The number of nitro groups is 1. The molecular formula is C24H38N2O5. The lowest BCUT2D eigenvalue weighted by molar-refractivity contribution is -0.385. The molecule has 0 N–H and O–H groups in total.